The zero-order valence-corrected chi connectivity index (χ0v) is 14.5. The van der Waals surface area contributed by atoms with Crippen molar-refractivity contribution in [2.24, 2.45) is 0 Å². The second-order valence-electron chi connectivity index (χ2n) is 4.58. The van der Waals surface area contributed by atoms with Gasteiger partial charge in [-0.1, -0.05) is 6.07 Å². The molecule has 2 aromatic rings. The van der Waals surface area contributed by atoms with Crippen molar-refractivity contribution in [3.8, 4) is 0 Å². The van der Waals surface area contributed by atoms with Crippen molar-refractivity contribution in [3.63, 3.8) is 0 Å². The molecular formula is C13H12BrF2N3O3S. The van der Waals surface area contributed by atoms with Crippen molar-refractivity contribution in [1.82, 2.24) is 9.97 Å². The minimum absolute atomic E-state index is 0.0315. The van der Waals surface area contributed by atoms with E-state index >= 15 is 0 Å². The molecule has 0 amide bonds. The van der Waals surface area contributed by atoms with Gasteiger partial charge in [-0.15, -0.1) is 0 Å². The van der Waals surface area contributed by atoms with Crippen LogP contribution in [0.1, 0.15) is 6.92 Å². The summed E-state index contributed by atoms with van der Waals surface area (Å²) in [6.45, 7) is 2.19. The highest BCUT2D eigenvalue weighted by Gasteiger charge is 2.31. The largest absolute Gasteiger partial charge is 0.346 e. The van der Waals surface area contributed by atoms with Gasteiger partial charge < -0.3 is 4.90 Å². The molecule has 124 valence electrons. The van der Waals surface area contributed by atoms with Crippen LogP contribution in [-0.2, 0) is 9.84 Å². The van der Waals surface area contributed by atoms with Crippen LogP contribution in [-0.4, -0.2) is 32.0 Å². The van der Waals surface area contributed by atoms with E-state index in [-0.39, 0.29) is 5.95 Å². The van der Waals surface area contributed by atoms with E-state index in [9.17, 15) is 22.0 Å². The molecular weight excluding hydrogens is 396 g/mol. The smallest absolute Gasteiger partial charge is 0.267 e. The summed E-state index contributed by atoms with van der Waals surface area (Å²) in [7, 11) is -3.10. The lowest BCUT2D eigenvalue weighted by Gasteiger charge is -2.16. The molecule has 0 aliphatic heterocycles. The SMILES string of the molecule is CCN(C)c1nc(S(=O)(=O)c2c(F)cccc2F)c(Br)c(=O)[nH]1. The van der Waals surface area contributed by atoms with Crippen LogP contribution in [0.3, 0.4) is 0 Å². The number of H-pyrrole nitrogens is 1. The molecule has 0 bridgehead atoms. The lowest BCUT2D eigenvalue weighted by molar-refractivity contribution is 0.517. The highest BCUT2D eigenvalue weighted by atomic mass is 79.9. The van der Waals surface area contributed by atoms with Crippen LogP contribution in [0.25, 0.3) is 0 Å². The Hall–Kier alpha value is -1.81. The fourth-order valence-electron chi connectivity index (χ4n) is 1.77. The Morgan fingerprint density at radius 1 is 1.30 bits per heavy atom. The topological polar surface area (TPSA) is 83.1 Å². The Morgan fingerprint density at radius 3 is 2.39 bits per heavy atom. The molecule has 0 aliphatic carbocycles. The third-order valence-electron chi connectivity index (χ3n) is 3.10. The van der Waals surface area contributed by atoms with E-state index < -0.39 is 41.4 Å². The zero-order chi connectivity index (χ0) is 17.4. The van der Waals surface area contributed by atoms with Crippen LogP contribution >= 0.6 is 15.9 Å². The van der Waals surface area contributed by atoms with Gasteiger partial charge in [-0.25, -0.2) is 22.2 Å². The van der Waals surface area contributed by atoms with Crippen LogP contribution in [0, 0.1) is 11.6 Å². The van der Waals surface area contributed by atoms with Gasteiger partial charge in [0.1, 0.15) is 21.0 Å². The standard InChI is InChI=1S/C13H12BrF2N3O3S/c1-3-19(2)13-17-11(20)9(14)12(18-13)23(21,22)10-7(15)5-4-6-8(10)16/h4-6H,3H2,1-2H3,(H,17,18,20). The first-order valence-corrected chi connectivity index (χ1v) is 8.67. The quantitative estimate of drug-likeness (QED) is 0.784. The summed E-state index contributed by atoms with van der Waals surface area (Å²) in [6.07, 6.45) is 0. The number of aromatic amines is 1. The molecule has 1 N–H and O–H groups in total. The van der Waals surface area contributed by atoms with Gasteiger partial charge in [0.15, 0.2) is 5.03 Å². The number of aromatic nitrogens is 2. The van der Waals surface area contributed by atoms with E-state index in [1.807, 2.05) is 0 Å². The van der Waals surface area contributed by atoms with Gasteiger partial charge in [0.25, 0.3) is 5.56 Å². The number of nitrogens with zero attached hydrogens (tertiary/aromatic N) is 2. The van der Waals surface area contributed by atoms with Gasteiger partial charge in [0.2, 0.25) is 15.8 Å². The molecule has 23 heavy (non-hydrogen) atoms. The monoisotopic (exact) mass is 407 g/mol. The summed E-state index contributed by atoms with van der Waals surface area (Å²) in [4.78, 5) is 18.5. The zero-order valence-electron chi connectivity index (χ0n) is 12.1. The number of halogens is 3. The molecule has 1 heterocycles. The summed E-state index contributed by atoms with van der Waals surface area (Å²) in [5, 5.41) is -0.749. The fraction of sp³-hybridized carbons (Fsp3) is 0.231. The first-order valence-electron chi connectivity index (χ1n) is 6.40. The van der Waals surface area contributed by atoms with Crippen LogP contribution in [0.4, 0.5) is 14.7 Å². The van der Waals surface area contributed by atoms with Crippen molar-refractivity contribution in [3.05, 3.63) is 44.7 Å². The Morgan fingerprint density at radius 2 is 1.87 bits per heavy atom. The molecule has 2 rings (SSSR count). The maximum atomic E-state index is 13.8. The number of anilines is 1. The Balaban J connectivity index is 2.79. The first-order chi connectivity index (χ1) is 10.7. The lowest BCUT2D eigenvalue weighted by atomic mass is 10.3. The number of nitrogens with one attached hydrogen (secondary N) is 1. The molecule has 1 aromatic heterocycles. The molecule has 1 aromatic carbocycles. The predicted molar refractivity (Wildman–Crippen MR) is 83.3 cm³/mol. The average Bonchev–Trinajstić information content (AvgIpc) is 2.48. The van der Waals surface area contributed by atoms with E-state index in [1.54, 1.807) is 14.0 Å². The van der Waals surface area contributed by atoms with Gasteiger partial charge >= 0.3 is 0 Å². The van der Waals surface area contributed by atoms with E-state index in [0.717, 1.165) is 18.2 Å². The van der Waals surface area contributed by atoms with Crippen molar-refractivity contribution in [2.45, 2.75) is 16.8 Å². The minimum atomic E-state index is -4.67. The molecule has 0 aliphatic rings. The number of benzene rings is 1. The maximum Gasteiger partial charge on any atom is 0.267 e. The highest BCUT2D eigenvalue weighted by molar-refractivity contribution is 9.10. The number of sulfone groups is 1. The van der Waals surface area contributed by atoms with Gasteiger partial charge in [-0.2, -0.15) is 0 Å². The number of rotatable bonds is 4. The van der Waals surface area contributed by atoms with Crippen molar-refractivity contribution >= 4 is 31.7 Å². The molecule has 0 spiro atoms. The summed E-state index contributed by atoms with van der Waals surface area (Å²) >= 11 is 2.82. The summed E-state index contributed by atoms with van der Waals surface area (Å²) in [5.41, 5.74) is -0.773. The second-order valence-corrected chi connectivity index (χ2v) is 7.17. The Bertz CT molecular complexity index is 895. The van der Waals surface area contributed by atoms with Gasteiger partial charge in [-0.3, -0.25) is 9.78 Å². The summed E-state index contributed by atoms with van der Waals surface area (Å²) in [6, 6.07) is 2.67. The molecule has 0 unspecified atom stereocenters. The average molecular weight is 408 g/mol. The Labute approximate surface area is 139 Å². The molecule has 6 nitrogen and oxygen atoms in total. The van der Waals surface area contributed by atoms with Crippen molar-refractivity contribution in [1.29, 1.82) is 0 Å². The van der Waals surface area contributed by atoms with Crippen molar-refractivity contribution < 1.29 is 17.2 Å². The van der Waals surface area contributed by atoms with Gasteiger partial charge in [0, 0.05) is 13.6 Å². The summed E-state index contributed by atoms with van der Waals surface area (Å²) in [5.74, 6) is -2.55. The lowest BCUT2D eigenvalue weighted by Crippen LogP contribution is -2.25. The predicted octanol–water partition coefficient (Wildman–Crippen LogP) is 2.10. The maximum absolute atomic E-state index is 13.8. The summed E-state index contributed by atoms with van der Waals surface area (Å²) < 4.78 is 52.4. The van der Waals surface area contributed by atoms with Crippen LogP contribution in [0.2, 0.25) is 0 Å². The van der Waals surface area contributed by atoms with E-state index in [4.69, 9.17) is 0 Å². The van der Waals surface area contributed by atoms with Crippen LogP contribution < -0.4 is 10.5 Å². The molecule has 0 saturated carbocycles. The van der Waals surface area contributed by atoms with E-state index in [2.05, 4.69) is 25.9 Å². The van der Waals surface area contributed by atoms with Gasteiger partial charge in [-0.05, 0) is 35.0 Å². The minimum Gasteiger partial charge on any atom is -0.346 e. The molecule has 10 heteroatoms. The van der Waals surface area contributed by atoms with E-state index in [1.165, 1.54) is 4.90 Å². The Kier molecular flexibility index (Phi) is 4.85. The fourth-order valence-corrected chi connectivity index (χ4v) is 3.98. The van der Waals surface area contributed by atoms with Crippen LogP contribution in [0.15, 0.2) is 37.4 Å². The molecule has 0 radical (unpaired) electrons. The molecule has 0 saturated heterocycles. The third-order valence-corrected chi connectivity index (χ3v) is 5.83. The van der Waals surface area contributed by atoms with Crippen molar-refractivity contribution in [2.75, 3.05) is 18.5 Å². The second kappa shape index (κ2) is 6.36. The first kappa shape index (κ1) is 17.5. The van der Waals surface area contributed by atoms with Crippen LogP contribution in [0.5, 0.6) is 0 Å². The van der Waals surface area contributed by atoms with Gasteiger partial charge in [0.05, 0.1) is 0 Å². The number of hydrogen-bond donors (Lipinski definition) is 1. The molecule has 0 fully saturated rings. The normalized spacial score (nSPS) is 11.5. The molecule has 0 atom stereocenters. The third kappa shape index (κ3) is 3.13. The highest BCUT2D eigenvalue weighted by Crippen LogP contribution is 2.28. The number of hydrogen-bond acceptors (Lipinski definition) is 5. The van der Waals surface area contributed by atoms with E-state index in [0.29, 0.717) is 6.54 Å².